The summed E-state index contributed by atoms with van der Waals surface area (Å²) in [5, 5.41) is 0. The van der Waals surface area contributed by atoms with Crippen molar-refractivity contribution in [3.8, 4) is 0 Å². The number of benzene rings is 1. The number of nitrogens with zero attached hydrogens (tertiary/aromatic N) is 1. The first-order valence-corrected chi connectivity index (χ1v) is 8.30. The molecule has 2 heteroatoms. The molecule has 1 atom stereocenters. The Labute approximate surface area is 124 Å². The molecule has 0 aromatic heterocycles. The van der Waals surface area contributed by atoms with Crippen molar-refractivity contribution in [1.82, 2.24) is 0 Å². The highest BCUT2D eigenvalue weighted by Crippen LogP contribution is 2.24. The second-order valence-corrected chi connectivity index (χ2v) is 6.25. The summed E-state index contributed by atoms with van der Waals surface area (Å²) in [4.78, 5) is 2.58. The van der Waals surface area contributed by atoms with Crippen LogP contribution in [-0.2, 0) is 6.42 Å². The Bertz CT molecular complexity index is 406. The molecule has 1 aromatic carbocycles. The molecule has 0 amide bonds. The Morgan fingerprint density at radius 3 is 2.35 bits per heavy atom. The van der Waals surface area contributed by atoms with Crippen molar-refractivity contribution in [2.45, 2.75) is 64.8 Å². The van der Waals surface area contributed by atoms with Crippen LogP contribution >= 0.6 is 0 Å². The third-order valence-electron chi connectivity index (χ3n) is 4.48. The lowest BCUT2D eigenvalue weighted by atomic mass is 10.0. The predicted octanol–water partition coefficient (Wildman–Crippen LogP) is 4.05. The Kier molecular flexibility index (Phi) is 5.90. The summed E-state index contributed by atoms with van der Waals surface area (Å²) in [5.74, 6) is 0. The van der Waals surface area contributed by atoms with Gasteiger partial charge >= 0.3 is 0 Å². The van der Waals surface area contributed by atoms with E-state index in [-0.39, 0.29) is 0 Å². The van der Waals surface area contributed by atoms with Gasteiger partial charge in [0.1, 0.15) is 0 Å². The molecule has 2 N–H and O–H groups in total. The van der Waals surface area contributed by atoms with Gasteiger partial charge in [-0.05, 0) is 49.8 Å². The van der Waals surface area contributed by atoms with Gasteiger partial charge in [-0.3, -0.25) is 0 Å². The maximum absolute atomic E-state index is 6.06. The highest BCUT2D eigenvalue weighted by molar-refractivity contribution is 5.54. The number of rotatable bonds is 4. The van der Waals surface area contributed by atoms with E-state index < -0.39 is 0 Å². The summed E-state index contributed by atoms with van der Waals surface area (Å²) in [5.41, 5.74) is 10.3. The van der Waals surface area contributed by atoms with Gasteiger partial charge in [-0.2, -0.15) is 0 Å². The number of hydrogen-bond donors (Lipinski definition) is 1. The van der Waals surface area contributed by atoms with E-state index in [1.54, 1.807) is 0 Å². The quantitative estimate of drug-likeness (QED) is 0.897. The summed E-state index contributed by atoms with van der Waals surface area (Å²) < 4.78 is 0. The standard InChI is InChI=1S/C18H30N2/c1-3-17(19)14-16-9-10-18(15(2)13-16)20-11-7-5-4-6-8-12-20/h9-10,13,17H,3-8,11-12,14,19H2,1-2H3. The van der Waals surface area contributed by atoms with E-state index in [4.69, 9.17) is 5.73 Å². The van der Waals surface area contributed by atoms with Crippen molar-refractivity contribution in [3.63, 3.8) is 0 Å². The van der Waals surface area contributed by atoms with Crippen molar-refractivity contribution in [2.75, 3.05) is 18.0 Å². The van der Waals surface area contributed by atoms with E-state index in [1.807, 2.05) is 0 Å². The summed E-state index contributed by atoms with van der Waals surface area (Å²) in [7, 11) is 0. The fraction of sp³-hybridized carbons (Fsp3) is 0.667. The third kappa shape index (κ3) is 4.24. The average molecular weight is 274 g/mol. The van der Waals surface area contributed by atoms with Crippen molar-refractivity contribution in [3.05, 3.63) is 29.3 Å². The lowest BCUT2D eigenvalue weighted by molar-refractivity contribution is 0.556. The van der Waals surface area contributed by atoms with Crippen LogP contribution in [0.25, 0.3) is 0 Å². The predicted molar refractivity (Wildman–Crippen MR) is 88.4 cm³/mol. The van der Waals surface area contributed by atoms with E-state index in [2.05, 4.69) is 36.9 Å². The normalized spacial score (nSPS) is 18.4. The third-order valence-corrected chi connectivity index (χ3v) is 4.48. The second-order valence-electron chi connectivity index (χ2n) is 6.25. The molecule has 0 bridgehead atoms. The average Bonchev–Trinajstić information content (AvgIpc) is 2.39. The zero-order valence-electron chi connectivity index (χ0n) is 13.2. The molecule has 1 unspecified atom stereocenters. The highest BCUT2D eigenvalue weighted by atomic mass is 15.1. The largest absolute Gasteiger partial charge is 0.371 e. The van der Waals surface area contributed by atoms with Gasteiger partial charge in [0.2, 0.25) is 0 Å². The van der Waals surface area contributed by atoms with Gasteiger partial charge in [0, 0.05) is 24.8 Å². The van der Waals surface area contributed by atoms with Gasteiger partial charge in [-0.1, -0.05) is 38.3 Å². The first kappa shape index (κ1) is 15.4. The van der Waals surface area contributed by atoms with Crippen molar-refractivity contribution < 1.29 is 0 Å². The SMILES string of the molecule is CCC(N)Cc1ccc(N2CCCCCCC2)c(C)c1. The molecule has 0 radical (unpaired) electrons. The topological polar surface area (TPSA) is 29.3 Å². The lowest BCUT2D eigenvalue weighted by Crippen LogP contribution is -2.27. The van der Waals surface area contributed by atoms with Crippen LogP contribution in [0.4, 0.5) is 5.69 Å². The summed E-state index contributed by atoms with van der Waals surface area (Å²) in [6, 6.07) is 7.22. The summed E-state index contributed by atoms with van der Waals surface area (Å²) in [6.45, 7) is 6.84. The Hall–Kier alpha value is -1.02. The Morgan fingerprint density at radius 2 is 1.75 bits per heavy atom. The molecule has 112 valence electrons. The van der Waals surface area contributed by atoms with Gasteiger partial charge in [-0.15, -0.1) is 0 Å². The fourth-order valence-electron chi connectivity index (χ4n) is 3.13. The zero-order chi connectivity index (χ0) is 14.4. The molecule has 20 heavy (non-hydrogen) atoms. The van der Waals surface area contributed by atoms with E-state index in [9.17, 15) is 0 Å². The van der Waals surface area contributed by atoms with Gasteiger partial charge in [0.15, 0.2) is 0 Å². The zero-order valence-corrected chi connectivity index (χ0v) is 13.2. The number of anilines is 1. The van der Waals surface area contributed by atoms with Crippen molar-refractivity contribution in [2.24, 2.45) is 5.73 Å². The van der Waals surface area contributed by atoms with Crippen molar-refractivity contribution in [1.29, 1.82) is 0 Å². The minimum atomic E-state index is 0.293. The Balaban J connectivity index is 2.07. The van der Waals surface area contributed by atoms with Crippen LogP contribution in [0.1, 0.15) is 56.6 Å². The summed E-state index contributed by atoms with van der Waals surface area (Å²) >= 11 is 0. The molecule has 2 rings (SSSR count). The first-order valence-electron chi connectivity index (χ1n) is 8.30. The van der Waals surface area contributed by atoms with E-state index in [0.29, 0.717) is 6.04 Å². The number of hydrogen-bond acceptors (Lipinski definition) is 2. The molecule has 1 aromatic rings. The van der Waals surface area contributed by atoms with Crippen LogP contribution in [-0.4, -0.2) is 19.1 Å². The smallest absolute Gasteiger partial charge is 0.0396 e. The minimum Gasteiger partial charge on any atom is -0.371 e. The molecule has 1 aliphatic rings. The van der Waals surface area contributed by atoms with Crippen molar-refractivity contribution >= 4 is 5.69 Å². The molecular formula is C18H30N2. The van der Waals surface area contributed by atoms with Crippen LogP contribution in [0.2, 0.25) is 0 Å². The van der Waals surface area contributed by atoms with Gasteiger partial charge in [0.05, 0.1) is 0 Å². The molecule has 0 spiro atoms. The maximum atomic E-state index is 6.06. The van der Waals surface area contributed by atoms with Gasteiger partial charge in [0.25, 0.3) is 0 Å². The maximum Gasteiger partial charge on any atom is 0.0396 e. The minimum absolute atomic E-state index is 0.293. The molecule has 2 nitrogen and oxygen atoms in total. The number of aryl methyl sites for hydroxylation is 1. The van der Waals surface area contributed by atoms with E-state index in [0.717, 1.165) is 12.8 Å². The molecule has 1 saturated heterocycles. The van der Waals surface area contributed by atoms with Gasteiger partial charge in [-0.25, -0.2) is 0 Å². The molecule has 1 heterocycles. The molecule has 1 fully saturated rings. The fourth-order valence-corrected chi connectivity index (χ4v) is 3.13. The molecular weight excluding hydrogens is 244 g/mol. The second kappa shape index (κ2) is 7.68. The summed E-state index contributed by atoms with van der Waals surface area (Å²) in [6.07, 6.45) is 8.91. The van der Waals surface area contributed by atoms with Crippen LogP contribution < -0.4 is 10.6 Å². The van der Waals surface area contributed by atoms with Crippen LogP contribution in [0, 0.1) is 6.92 Å². The lowest BCUT2D eigenvalue weighted by Gasteiger charge is -2.28. The van der Waals surface area contributed by atoms with Crippen LogP contribution in [0.15, 0.2) is 18.2 Å². The number of nitrogens with two attached hydrogens (primary N) is 1. The van der Waals surface area contributed by atoms with Crippen LogP contribution in [0.3, 0.4) is 0 Å². The monoisotopic (exact) mass is 274 g/mol. The van der Waals surface area contributed by atoms with Gasteiger partial charge < -0.3 is 10.6 Å². The van der Waals surface area contributed by atoms with Crippen LogP contribution in [0.5, 0.6) is 0 Å². The Morgan fingerprint density at radius 1 is 1.10 bits per heavy atom. The molecule has 1 aliphatic heterocycles. The first-order chi connectivity index (χ1) is 9.70. The van der Waals surface area contributed by atoms with E-state index in [1.165, 1.54) is 62.0 Å². The van der Waals surface area contributed by atoms with E-state index >= 15 is 0 Å². The molecule has 0 saturated carbocycles. The highest BCUT2D eigenvalue weighted by Gasteiger charge is 2.12. The molecule has 0 aliphatic carbocycles.